The molecule has 1 atom stereocenters. The maximum atomic E-state index is 12.4. The molecular weight excluding hydrogens is 304 g/mol. The number of nitrogens with zero attached hydrogens (tertiary/aromatic N) is 3. The van der Waals surface area contributed by atoms with Gasteiger partial charge in [0.05, 0.1) is 11.4 Å². The summed E-state index contributed by atoms with van der Waals surface area (Å²) in [6, 6.07) is 7.83. The predicted molar refractivity (Wildman–Crippen MR) is 93.1 cm³/mol. The molecule has 126 valence electrons. The third-order valence-corrected chi connectivity index (χ3v) is 4.17. The first-order valence-corrected chi connectivity index (χ1v) is 8.27. The second kappa shape index (κ2) is 6.86. The molecule has 3 rings (SSSR count). The summed E-state index contributed by atoms with van der Waals surface area (Å²) >= 11 is 0. The van der Waals surface area contributed by atoms with Crippen molar-refractivity contribution in [1.82, 2.24) is 9.78 Å². The fourth-order valence-corrected chi connectivity index (χ4v) is 2.69. The van der Waals surface area contributed by atoms with E-state index in [1.165, 1.54) is 5.56 Å². The highest BCUT2D eigenvalue weighted by atomic mass is 16.6. The minimum absolute atomic E-state index is 0.182. The summed E-state index contributed by atoms with van der Waals surface area (Å²) in [6.07, 6.45) is 2.77. The third-order valence-electron chi connectivity index (χ3n) is 4.17. The van der Waals surface area contributed by atoms with Crippen LogP contribution in [0.15, 0.2) is 35.6 Å². The smallest absolute Gasteiger partial charge is 0.268 e. The molecule has 0 radical (unpaired) electrons. The Morgan fingerprint density at radius 1 is 1.33 bits per heavy atom. The van der Waals surface area contributed by atoms with Gasteiger partial charge in [0.15, 0.2) is 0 Å². The van der Waals surface area contributed by atoms with Crippen molar-refractivity contribution in [3.63, 3.8) is 0 Å². The van der Waals surface area contributed by atoms with Crippen LogP contribution in [0, 0.1) is 6.92 Å². The van der Waals surface area contributed by atoms with Gasteiger partial charge < -0.3 is 10.2 Å². The first-order chi connectivity index (χ1) is 11.6. The van der Waals surface area contributed by atoms with Crippen LogP contribution in [0.3, 0.4) is 0 Å². The van der Waals surface area contributed by atoms with Gasteiger partial charge in [0.1, 0.15) is 0 Å². The van der Waals surface area contributed by atoms with Crippen LogP contribution >= 0.6 is 0 Å². The Morgan fingerprint density at radius 3 is 2.71 bits per heavy atom. The van der Waals surface area contributed by atoms with Gasteiger partial charge in [-0.2, -0.15) is 5.10 Å². The van der Waals surface area contributed by atoms with Crippen molar-refractivity contribution >= 4 is 17.3 Å². The molecule has 1 amide bonds. The van der Waals surface area contributed by atoms with E-state index in [1.807, 2.05) is 49.0 Å². The Morgan fingerprint density at radius 2 is 2.08 bits per heavy atom. The van der Waals surface area contributed by atoms with E-state index >= 15 is 0 Å². The molecule has 0 fully saturated rings. The van der Waals surface area contributed by atoms with Gasteiger partial charge in [-0.25, -0.2) is 0 Å². The van der Waals surface area contributed by atoms with E-state index < -0.39 is 6.10 Å². The number of carbonyl (C=O) groups is 1. The van der Waals surface area contributed by atoms with E-state index in [2.05, 4.69) is 22.5 Å². The van der Waals surface area contributed by atoms with Gasteiger partial charge in [-0.05, 0) is 38.0 Å². The van der Waals surface area contributed by atoms with Gasteiger partial charge >= 0.3 is 0 Å². The lowest BCUT2D eigenvalue weighted by molar-refractivity contribution is -0.125. The van der Waals surface area contributed by atoms with Crippen LogP contribution in [0.1, 0.15) is 37.1 Å². The van der Waals surface area contributed by atoms with Gasteiger partial charge in [0, 0.05) is 30.4 Å². The molecule has 2 aromatic rings. The quantitative estimate of drug-likeness (QED) is 0.918. The van der Waals surface area contributed by atoms with Crippen LogP contribution in [0.25, 0.3) is 0 Å². The van der Waals surface area contributed by atoms with Crippen molar-refractivity contribution in [3.05, 3.63) is 47.3 Å². The zero-order valence-corrected chi connectivity index (χ0v) is 14.2. The van der Waals surface area contributed by atoms with Gasteiger partial charge in [0.2, 0.25) is 6.10 Å². The second-order valence-electron chi connectivity index (χ2n) is 5.86. The Bertz CT molecular complexity index is 762. The Kier molecular flexibility index (Phi) is 4.64. The van der Waals surface area contributed by atoms with Crippen LogP contribution < -0.4 is 5.32 Å². The number of anilines is 1. The SMILES string of the molecule is CCc1ccc(NC(=O)[C@@H]2CC(c3cn(CC)nc3C)=NO2)cc1. The average Bonchev–Trinajstić information content (AvgIpc) is 3.22. The number of aryl methyl sites for hydroxylation is 3. The fourth-order valence-electron chi connectivity index (χ4n) is 2.69. The molecular formula is C18H22N4O2. The summed E-state index contributed by atoms with van der Waals surface area (Å²) in [5.41, 5.74) is 4.62. The zero-order valence-electron chi connectivity index (χ0n) is 14.2. The lowest BCUT2D eigenvalue weighted by Crippen LogP contribution is -2.28. The van der Waals surface area contributed by atoms with Crippen LogP contribution in [-0.4, -0.2) is 27.5 Å². The molecule has 1 aromatic heterocycles. The Hall–Kier alpha value is -2.63. The van der Waals surface area contributed by atoms with Crippen molar-refractivity contribution < 1.29 is 9.63 Å². The van der Waals surface area contributed by atoms with E-state index in [-0.39, 0.29) is 5.91 Å². The molecule has 0 saturated heterocycles. The topological polar surface area (TPSA) is 68.5 Å². The van der Waals surface area contributed by atoms with Gasteiger partial charge in [-0.15, -0.1) is 0 Å². The maximum Gasteiger partial charge on any atom is 0.268 e. The number of hydrogen-bond donors (Lipinski definition) is 1. The minimum atomic E-state index is -0.602. The van der Waals surface area contributed by atoms with Crippen molar-refractivity contribution in [2.75, 3.05) is 5.32 Å². The molecule has 1 aromatic carbocycles. The first-order valence-electron chi connectivity index (χ1n) is 8.27. The van der Waals surface area contributed by atoms with E-state index in [1.54, 1.807) is 0 Å². The van der Waals surface area contributed by atoms with Crippen molar-refractivity contribution in [1.29, 1.82) is 0 Å². The molecule has 6 heteroatoms. The monoisotopic (exact) mass is 326 g/mol. The number of carbonyl (C=O) groups excluding carboxylic acids is 1. The van der Waals surface area contributed by atoms with Crippen molar-refractivity contribution in [2.45, 2.75) is 46.3 Å². The standard InChI is InChI=1S/C18H22N4O2/c1-4-13-6-8-14(9-7-13)19-18(23)17-10-16(21-24-17)15-11-22(5-2)20-12(15)3/h6-9,11,17H,4-5,10H2,1-3H3,(H,19,23)/t17-/m0/s1. The molecule has 24 heavy (non-hydrogen) atoms. The maximum absolute atomic E-state index is 12.4. The summed E-state index contributed by atoms with van der Waals surface area (Å²) < 4.78 is 1.86. The number of hydrogen-bond acceptors (Lipinski definition) is 4. The van der Waals surface area contributed by atoms with E-state index in [0.29, 0.717) is 6.42 Å². The second-order valence-corrected chi connectivity index (χ2v) is 5.86. The highest BCUT2D eigenvalue weighted by Gasteiger charge is 2.30. The van der Waals surface area contributed by atoms with Crippen molar-refractivity contribution in [3.8, 4) is 0 Å². The molecule has 0 unspecified atom stereocenters. The Labute approximate surface area is 141 Å². The molecule has 2 heterocycles. The highest BCUT2D eigenvalue weighted by Crippen LogP contribution is 2.20. The molecule has 1 aliphatic heterocycles. The van der Waals surface area contributed by atoms with Gasteiger partial charge in [-0.1, -0.05) is 24.2 Å². The number of aromatic nitrogens is 2. The molecule has 0 spiro atoms. The summed E-state index contributed by atoms with van der Waals surface area (Å²) in [5.74, 6) is -0.182. The minimum Gasteiger partial charge on any atom is -0.382 e. The van der Waals surface area contributed by atoms with E-state index in [9.17, 15) is 4.79 Å². The zero-order chi connectivity index (χ0) is 17.1. The molecule has 1 aliphatic rings. The highest BCUT2D eigenvalue weighted by molar-refractivity contribution is 6.06. The molecule has 1 N–H and O–H groups in total. The van der Waals surface area contributed by atoms with Crippen molar-refractivity contribution in [2.24, 2.45) is 5.16 Å². The fraction of sp³-hybridized carbons (Fsp3) is 0.389. The summed E-state index contributed by atoms with van der Waals surface area (Å²) in [6.45, 7) is 6.87. The summed E-state index contributed by atoms with van der Waals surface area (Å²) in [5, 5.41) is 11.4. The number of rotatable bonds is 5. The van der Waals surface area contributed by atoms with E-state index in [4.69, 9.17) is 4.84 Å². The first kappa shape index (κ1) is 16.2. The molecule has 6 nitrogen and oxygen atoms in total. The van der Waals surface area contributed by atoms with Crippen LogP contribution in [-0.2, 0) is 22.6 Å². The van der Waals surface area contributed by atoms with Crippen LogP contribution in [0.2, 0.25) is 0 Å². The predicted octanol–water partition coefficient (Wildman–Crippen LogP) is 2.91. The van der Waals surface area contributed by atoms with Gasteiger partial charge in [-0.3, -0.25) is 9.48 Å². The number of amides is 1. The summed E-state index contributed by atoms with van der Waals surface area (Å²) in [4.78, 5) is 17.7. The van der Waals surface area contributed by atoms with E-state index in [0.717, 1.165) is 35.6 Å². The molecule has 0 saturated carbocycles. The average molecular weight is 326 g/mol. The molecule has 0 aliphatic carbocycles. The third kappa shape index (κ3) is 3.32. The number of oxime groups is 1. The summed E-state index contributed by atoms with van der Waals surface area (Å²) in [7, 11) is 0. The normalized spacial score (nSPS) is 16.6. The number of benzene rings is 1. The number of nitrogens with one attached hydrogen (secondary N) is 1. The molecule has 0 bridgehead atoms. The van der Waals surface area contributed by atoms with Crippen LogP contribution in [0.4, 0.5) is 5.69 Å². The van der Waals surface area contributed by atoms with Crippen LogP contribution in [0.5, 0.6) is 0 Å². The Balaban J connectivity index is 1.63. The lowest BCUT2D eigenvalue weighted by Gasteiger charge is -2.09. The lowest BCUT2D eigenvalue weighted by atomic mass is 10.1. The largest absolute Gasteiger partial charge is 0.382 e. The van der Waals surface area contributed by atoms with Gasteiger partial charge in [0.25, 0.3) is 5.91 Å².